The van der Waals surface area contributed by atoms with E-state index in [0.717, 1.165) is 6.54 Å². The van der Waals surface area contributed by atoms with Crippen LogP contribution < -0.4 is 0 Å². The lowest BCUT2D eigenvalue weighted by atomic mass is 10.1. The van der Waals surface area contributed by atoms with Crippen molar-refractivity contribution in [1.82, 2.24) is 4.90 Å². The topological polar surface area (TPSA) is 41.9 Å². The summed E-state index contributed by atoms with van der Waals surface area (Å²) in [4.78, 5) is 2.13. The summed E-state index contributed by atoms with van der Waals surface area (Å²) in [6, 6.07) is 6.48. The maximum absolute atomic E-state index is 10.0. The van der Waals surface area contributed by atoms with E-state index in [-0.39, 0.29) is 6.10 Å². The molecule has 0 spiro atoms. The van der Waals surface area contributed by atoms with Gasteiger partial charge in [-0.15, -0.1) is 0 Å². The van der Waals surface area contributed by atoms with Crippen LogP contribution in [-0.4, -0.2) is 55.6 Å². The Morgan fingerprint density at radius 3 is 2.59 bits per heavy atom. The third-order valence-corrected chi connectivity index (χ3v) is 3.46. The molecular formula is C18H31NO3. The Labute approximate surface area is 135 Å². The molecule has 0 aliphatic rings. The molecule has 126 valence electrons. The Bertz CT molecular complexity index is 434. The van der Waals surface area contributed by atoms with Gasteiger partial charge in [0.05, 0.1) is 32.0 Å². The van der Waals surface area contributed by atoms with Crippen molar-refractivity contribution in [1.29, 1.82) is 0 Å². The van der Waals surface area contributed by atoms with Gasteiger partial charge in [0.25, 0.3) is 0 Å². The summed E-state index contributed by atoms with van der Waals surface area (Å²) in [7, 11) is 2.02. The van der Waals surface area contributed by atoms with E-state index in [9.17, 15) is 5.11 Å². The van der Waals surface area contributed by atoms with E-state index in [1.165, 1.54) is 16.7 Å². The summed E-state index contributed by atoms with van der Waals surface area (Å²) in [5.74, 6) is 0. The highest BCUT2D eigenvalue weighted by molar-refractivity contribution is 5.30. The Morgan fingerprint density at radius 2 is 1.91 bits per heavy atom. The fourth-order valence-electron chi connectivity index (χ4n) is 2.30. The first kappa shape index (κ1) is 19.1. The monoisotopic (exact) mass is 309 g/mol. The van der Waals surface area contributed by atoms with Gasteiger partial charge in [-0.1, -0.05) is 23.8 Å². The van der Waals surface area contributed by atoms with E-state index in [1.54, 1.807) is 0 Å². The van der Waals surface area contributed by atoms with Crippen LogP contribution in [0.4, 0.5) is 0 Å². The van der Waals surface area contributed by atoms with Gasteiger partial charge in [0.1, 0.15) is 0 Å². The van der Waals surface area contributed by atoms with Crippen LogP contribution in [0.3, 0.4) is 0 Å². The zero-order valence-corrected chi connectivity index (χ0v) is 14.6. The van der Waals surface area contributed by atoms with Crippen molar-refractivity contribution in [3.05, 3.63) is 34.9 Å². The van der Waals surface area contributed by atoms with E-state index in [1.807, 2.05) is 20.9 Å². The highest BCUT2D eigenvalue weighted by Crippen LogP contribution is 2.12. The quantitative estimate of drug-likeness (QED) is 0.675. The second-order valence-corrected chi connectivity index (χ2v) is 6.27. The van der Waals surface area contributed by atoms with E-state index in [4.69, 9.17) is 9.47 Å². The fraction of sp³-hybridized carbons (Fsp3) is 0.667. The van der Waals surface area contributed by atoms with Crippen molar-refractivity contribution in [3.8, 4) is 0 Å². The van der Waals surface area contributed by atoms with Gasteiger partial charge in [0.15, 0.2) is 0 Å². The molecule has 0 aliphatic heterocycles. The van der Waals surface area contributed by atoms with Crippen LogP contribution in [0.25, 0.3) is 0 Å². The van der Waals surface area contributed by atoms with Crippen molar-refractivity contribution in [2.45, 2.75) is 46.4 Å². The van der Waals surface area contributed by atoms with Crippen molar-refractivity contribution in [2.24, 2.45) is 0 Å². The van der Waals surface area contributed by atoms with Gasteiger partial charge in [-0.3, -0.25) is 4.90 Å². The number of ether oxygens (including phenoxy) is 2. The zero-order chi connectivity index (χ0) is 16.5. The molecule has 0 unspecified atom stereocenters. The second-order valence-electron chi connectivity index (χ2n) is 6.27. The van der Waals surface area contributed by atoms with Crippen LogP contribution in [0, 0.1) is 13.8 Å². The predicted octanol–water partition coefficient (Wildman–Crippen LogP) is 2.54. The van der Waals surface area contributed by atoms with Crippen LogP contribution >= 0.6 is 0 Å². The number of rotatable bonds is 10. The molecule has 1 aromatic rings. The minimum atomic E-state index is -0.478. The first-order valence-electron chi connectivity index (χ1n) is 8.00. The molecule has 22 heavy (non-hydrogen) atoms. The Balaban J connectivity index is 2.26. The summed E-state index contributed by atoms with van der Waals surface area (Å²) in [6.45, 7) is 11.1. The molecule has 0 saturated heterocycles. The molecule has 1 N–H and O–H groups in total. The number of likely N-dealkylation sites (N-methyl/N-ethyl adjacent to an activating group) is 1. The number of hydrogen-bond donors (Lipinski definition) is 1. The summed E-state index contributed by atoms with van der Waals surface area (Å²) < 4.78 is 10.8. The number of benzene rings is 1. The molecule has 0 radical (unpaired) electrons. The Kier molecular flexibility index (Phi) is 8.64. The SMILES string of the molecule is Cc1ccc(C)c(CN(C)C[C@H](O)COCCOC(C)C)c1. The van der Waals surface area contributed by atoms with Crippen molar-refractivity contribution in [3.63, 3.8) is 0 Å². The highest BCUT2D eigenvalue weighted by atomic mass is 16.5. The fourth-order valence-corrected chi connectivity index (χ4v) is 2.30. The molecule has 0 aromatic heterocycles. The van der Waals surface area contributed by atoms with Crippen molar-refractivity contribution in [2.75, 3.05) is 33.4 Å². The summed E-state index contributed by atoms with van der Waals surface area (Å²) >= 11 is 0. The molecule has 1 rings (SSSR count). The van der Waals surface area contributed by atoms with Gasteiger partial charge in [-0.25, -0.2) is 0 Å². The van der Waals surface area contributed by atoms with Gasteiger partial charge in [0, 0.05) is 13.1 Å². The van der Waals surface area contributed by atoms with Gasteiger partial charge in [-0.05, 0) is 45.9 Å². The van der Waals surface area contributed by atoms with Crippen molar-refractivity contribution < 1.29 is 14.6 Å². The molecule has 4 heteroatoms. The van der Waals surface area contributed by atoms with Crippen LogP contribution in [0.1, 0.15) is 30.5 Å². The molecule has 4 nitrogen and oxygen atoms in total. The van der Waals surface area contributed by atoms with Crippen LogP contribution in [0.2, 0.25) is 0 Å². The number of aliphatic hydroxyl groups excluding tert-OH is 1. The second kappa shape index (κ2) is 9.95. The molecule has 0 amide bonds. The molecule has 0 saturated carbocycles. The summed E-state index contributed by atoms with van der Waals surface area (Å²) in [6.07, 6.45) is -0.258. The molecule has 0 aliphatic carbocycles. The predicted molar refractivity (Wildman–Crippen MR) is 90.2 cm³/mol. The normalized spacial score (nSPS) is 13.1. The molecule has 0 heterocycles. The minimum Gasteiger partial charge on any atom is -0.389 e. The average Bonchev–Trinajstić information content (AvgIpc) is 2.42. The molecule has 1 aromatic carbocycles. The first-order valence-corrected chi connectivity index (χ1v) is 8.00. The van der Waals surface area contributed by atoms with Gasteiger partial charge >= 0.3 is 0 Å². The first-order chi connectivity index (χ1) is 10.4. The molecular weight excluding hydrogens is 278 g/mol. The third kappa shape index (κ3) is 7.90. The highest BCUT2D eigenvalue weighted by Gasteiger charge is 2.10. The molecule has 0 fully saturated rings. The number of aliphatic hydroxyl groups is 1. The number of hydrogen-bond acceptors (Lipinski definition) is 4. The van der Waals surface area contributed by atoms with Crippen LogP contribution in [-0.2, 0) is 16.0 Å². The molecule has 0 bridgehead atoms. The van der Waals surface area contributed by atoms with E-state index in [0.29, 0.717) is 26.4 Å². The summed E-state index contributed by atoms with van der Waals surface area (Å²) in [5, 5.41) is 10.0. The van der Waals surface area contributed by atoms with Crippen molar-refractivity contribution >= 4 is 0 Å². The standard InChI is InChI=1S/C18H31NO3/c1-14(2)22-9-8-21-13-18(20)12-19(5)11-17-10-15(3)6-7-16(17)4/h6-7,10,14,18,20H,8-9,11-13H2,1-5H3/t18-/m0/s1. The van der Waals surface area contributed by atoms with Crippen LogP contribution in [0.5, 0.6) is 0 Å². The van der Waals surface area contributed by atoms with E-state index < -0.39 is 6.10 Å². The minimum absolute atomic E-state index is 0.220. The molecule has 1 atom stereocenters. The Hall–Kier alpha value is -0.940. The van der Waals surface area contributed by atoms with Gasteiger partial charge in [-0.2, -0.15) is 0 Å². The lowest BCUT2D eigenvalue weighted by molar-refractivity contribution is -0.0174. The largest absolute Gasteiger partial charge is 0.389 e. The van der Waals surface area contributed by atoms with Crippen LogP contribution in [0.15, 0.2) is 18.2 Å². The summed E-state index contributed by atoms with van der Waals surface area (Å²) in [5.41, 5.74) is 3.86. The van der Waals surface area contributed by atoms with Gasteiger partial charge < -0.3 is 14.6 Å². The Morgan fingerprint density at radius 1 is 1.18 bits per heavy atom. The lowest BCUT2D eigenvalue weighted by Gasteiger charge is -2.21. The smallest absolute Gasteiger partial charge is 0.0900 e. The zero-order valence-electron chi connectivity index (χ0n) is 14.6. The number of aryl methyl sites for hydroxylation is 2. The maximum Gasteiger partial charge on any atom is 0.0900 e. The maximum atomic E-state index is 10.0. The number of nitrogens with zero attached hydrogens (tertiary/aromatic N) is 1. The lowest BCUT2D eigenvalue weighted by Crippen LogP contribution is -2.32. The van der Waals surface area contributed by atoms with E-state index in [2.05, 4.69) is 36.9 Å². The average molecular weight is 309 g/mol. The van der Waals surface area contributed by atoms with E-state index >= 15 is 0 Å². The third-order valence-electron chi connectivity index (χ3n) is 3.46. The van der Waals surface area contributed by atoms with Gasteiger partial charge in [0.2, 0.25) is 0 Å².